The zero-order valence-electron chi connectivity index (χ0n) is 17.7. The van der Waals surface area contributed by atoms with Gasteiger partial charge in [0, 0.05) is 5.69 Å². The highest BCUT2D eigenvalue weighted by Crippen LogP contribution is 2.28. The number of esters is 1. The van der Waals surface area contributed by atoms with Crippen molar-refractivity contribution >= 4 is 41.0 Å². The van der Waals surface area contributed by atoms with Gasteiger partial charge >= 0.3 is 17.8 Å². The van der Waals surface area contributed by atoms with Gasteiger partial charge in [-0.25, -0.2) is 10.2 Å². The van der Waals surface area contributed by atoms with Gasteiger partial charge in [-0.15, -0.1) is 11.3 Å². The number of carbonyl (C=O) groups is 3. The first-order chi connectivity index (χ1) is 15.4. The molecule has 3 rings (SSSR count). The highest BCUT2D eigenvalue weighted by molar-refractivity contribution is 7.12. The Morgan fingerprint density at radius 1 is 0.969 bits per heavy atom. The number of amides is 2. The quantitative estimate of drug-likeness (QED) is 0.196. The van der Waals surface area contributed by atoms with Gasteiger partial charge in [0.1, 0.15) is 4.88 Å². The van der Waals surface area contributed by atoms with E-state index in [2.05, 4.69) is 15.8 Å². The number of hydrogen-bond donors (Lipinski definition) is 2. The zero-order valence-corrected chi connectivity index (χ0v) is 18.5. The number of benzene rings is 2. The van der Waals surface area contributed by atoms with E-state index >= 15 is 0 Å². The van der Waals surface area contributed by atoms with E-state index in [1.165, 1.54) is 24.7 Å². The van der Waals surface area contributed by atoms with E-state index in [4.69, 9.17) is 9.47 Å². The van der Waals surface area contributed by atoms with Crippen molar-refractivity contribution in [2.45, 2.75) is 13.8 Å². The molecule has 0 unspecified atom stereocenters. The fourth-order valence-electron chi connectivity index (χ4n) is 2.62. The van der Waals surface area contributed by atoms with Gasteiger partial charge < -0.3 is 14.8 Å². The molecule has 164 valence electrons. The average molecular weight is 452 g/mol. The third-order valence-corrected chi connectivity index (χ3v) is 5.31. The van der Waals surface area contributed by atoms with Crippen molar-refractivity contribution in [2.24, 2.45) is 5.10 Å². The topological polar surface area (TPSA) is 106 Å². The minimum absolute atomic E-state index is 0.250. The molecule has 0 aliphatic rings. The molecule has 0 saturated heterocycles. The van der Waals surface area contributed by atoms with Crippen LogP contribution in [-0.4, -0.2) is 31.1 Å². The van der Waals surface area contributed by atoms with Crippen molar-refractivity contribution in [3.05, 3.63) is 75.5 Å². The Labute approximate surface area is 188 Å². The van der Waals surface area contributed by atoms with Gasteiger partial charge in [0.2, 0.25) is 0 Å². The molecule has 0 aliphatic heterocycles. The van der Waals surface area contributed by atoms with E-state index in [0.717, 1.165) is 11.1 Å². The number of methoxy groups -OCH3 is 1. The Balaban J connectivity index is 1.59. The molecule has 0 bridgehead atoms. The molecule has 32 heavy (non-hydrogen) atoms. The summed E-state index contributed by atoms with van der Waals surface area (Å²) in [5.41, 5.74) is 5.34. The number of rotatable bonds is 6. The lowest BCUT2D eigenvalue weighted by Crippen LogP contribution is -2.32. The summed E-state index contributed by atoms with van der Waals surface area (Å²) in [6, 6.07) is 13.6. The van der Waals surface area contributed by atoms with Crippen molar-refractivity contribution in [2.75, 3.05) is 12.4 Å². The highest BCUT2D eigenvalue weighted by Gasteiger charge is 2.15. The van der Waals surface area contributed by atoms with Crippen molar-refractivity contribution < 1.29 is 23.9 Å². The average Bonchev–Trinajstić information content (AvgIpc) is 3.32. The molecule has 0 spiro atoms. The largest absolute Gasteiger partial charge is 0.493 e. The third-order valence-electron chi connectivity index (χ3n) is 4.46. The van der Waals surface area contributed by atoms with E-state index in [0.29, 0.717) is 21.9 Å². The molecule has 0 aliphatic carbocycles. The van der Waals surface area contributed by atoms with Gasteiger partial charge in [-0.05, 0) is 72.3 Å². The number of hydrogen-bond acceptors (Lipinski definition) is 7. The summed E-state index contributed by atoms with van der Waals surface area (Å²) in [4.78, 5) is 36.6. The molecule has 2 N–H and O–H groups in total. The van der Waals surface area contributed by atoms with E-state index in [9.17, 15) is 14.4 Å². The first-order valence-electron chi connectivity index (χ1n) is 9.52. The highest BCUT2D eigenvalue weighted by atomic mass is 32.1. The Morgan fingerprint density at radius 2 is 1.78 bits per heavy atom. The van der Waals surface area contributed by atoms with Crippen LogP contribution in [-0.2, 0) is 9.59 Å². The van der Waals surface area contributed by atoms with E-state index in [1.807, 2.05) is 19.9 Å². The molecule has 2 amide bonds. The lowest BCUT2D eigenvalue weighted by atomic mass is 10.1. The number of nitrogens with one attached hydrogen (secondary N) is 2. The van der Waals surface area contributed by atoms with Crippen LogP contribution < -0.4 is 20.2 Å². The van der Waals surface area contributed by atoms with Gasteiger partial charge in [-0.3, -0.25) is 9.59 Å². The Morgan fingerprint density at radius 3 is 2.47 bits per heavy atom. The molecule has 2 aromatic carbocycles. The Bertz CT molecular complexity index is 1170. The van der Waals surface area contributed by atoms with Crippen LogP contribution in [0.2, 0.25) is 0 Å². The molecule has 1 heterocycles. The first kappa shape index (κ1) is 22.7. The molecular weight excluding hydrogens is 430 g/mol. The predicted octanol–water partition coefficient (Wildman–Crippen LogP) is 3.68. The van der Waals surface area contributed by atoms with Crippen molar-refractivity contribution in [3.8, 4) is 11.5 Å². The molecular formula is C23H21N3O5S. The van der Waals surface area contributed by atoms with Crippen LogP contribution in [0.25, 0.3) is 0 Å². The smallest absolute Gasteiger partial charge is 0.353 e. The standard InChI is InChI=1S/C23H21N3O5S/c1-14-6-8-17(11-15(14)2)25-21(27)22(28)26-24-13-16-7-9-18(19(12-16)30-3)31-23(29)20-5-4-10-32-20/h4-13H,1-3H3,(H,25,27)(H,26,28)/b24-13+. The number of anilines is 1. The summed E-state index contributed by atoms with van der Waals surface area (Å²) < 4.78 is 10.6. The molecule has 0 radical (unpaired) electrons. The van der Waals surface area contributed by atoms with Crippen LogP contribution >= 0.6 is 11.3 Å². The lowest BCUT2D eigenvalue weighted by molar-refractivity contribution is -0.136. The zero-order chi connectivity index (χ0) is 23.1. The molecule has 0 fully saturated rings. The van der Waals surface area contributed by atoms with Crippen LogP contribution in [0.1, 0.15) is 26.4 Å². The van der Waals surface area contributed by atoms with Crippen LogP contribution in [0.3, 0.4) is 0 Å². The number of ether oxygens (including phenoxy) is 2. The molecule has 1 aromatic heterocycles. The van der Waals surface area contributed by atoms with Gasteiger partial charge in [0.05, 0.1) is 13.3 Å². The van der Waals surface area contributed by atoms with E-state index in [-0.39, 0.29) is 5.75 Å². The maximum Gasteiger partial charge on any atom is 0.353 e. The number of hydrazone groups is 1. The van der Waals surface area contributed by atoms with E-state index in [1.54, 1.807) is 47.8 Å². The maximum absolute atomic E-state index is 12.1. The van der Waals surface area contributed by atoms with Crippen LogP contribution in [0.4, 0.5) is 5.69 Å². The molecule has 3 aromatic rings. The number of nitrogens with zero attached hydrogens (tertiary/aromatic N) is 1. The minimum atomic E-state index is -0.909. The van der Waals surface area contributed by atoms with Crippen LogP contribution in [0.15, 0.2) is 59.0 Å². The minimum Gasteiger partial charge on any atom is -0.493 e. The van der Waals surface area contributed by atoms with Gasteiger partial charge in [-0.1, -0.05) is 12.1 Å². The Hall–Kier alpha value is -3.98. The summed E-state index contributed by atoms with van der Waals surface area (Å²) in [5.74, 6) is -1.66. The first-order valence-corrected chi connectivity index (χ1v) is 10.4. The second kappa shape index (κ2) is 10.4. The second-order valence-corrected chi connectivity index (χ2v) is 7.68. The summed E-state index contributed by atoms with van der Waals surface area (Å²) in [5, 5.41) is 8.10. The van der Waals surface area contributed by atoms with Gasteiger partial charge in [0.15, 0.2) is 11.5 Å². The van der Waals surface area contributed by atoms with Crippen molar-refractivity contribution in [3.63, 3.8) is 0 Å². The lowest BCUT2D eigenvalue weighted by Gasteiger charge is -2.09. The second-order valence-electron chi connectivity index (χ2n) is 6.73. The normalized spacial score (nSPS) is 10.6. The predicted molar refractivity (Wildman–Crippen MR) is 123 cm³/mol. The molecule has 8 nitrogen and oxygen atoms in total. The summed E-state index contributed by atoms with van der Waals surface area (Å²) in [6.07, 6.45) is 1.34. The fourth-order valence-corrected chi connectivity index (χ4v) is 3.22. The van der Waals surface area contributed by atoms with Gasteiger partial charge in [0.25, 0.3) is 0 Å². The van der Waals surface area contributed by atoms with Gasteiger partial charge in [-0.2, -0.15) is 5.10 Å². The molecule has 9 heteroatoms. The van der Waals surface area contributed by atoms with Crippen LogP contribution in [0, 0.1) is 13.8 Å². The maximum atomic E-state index is 12.1. The third kappa shape index (κ3) is 5.79. The van der Waals surface area contributed by atoms with Crippen molar-refractivity contribution in [1.29, 1.82) is 0 Å². The summed E-state index contributed by atoms with van der Waals surface area (Å²) >= 11 is 1.28. The van der Waals surface area contributed by atoms with E-state index < -0.39 is 17.8 Å². The van der Waals surface area contributed by atoms with Crippen molar-refractivity contribution in [1.82, 2.24) is 5.43 Å². The summed E-state index contributed by atoms with van der Waals surface area (Å²) in [7, 11) is 1.44. The SMILES string of the molecule is COc1cc(/C=N/NC(=O)C(=O)Nc2ccc(C)c(C)c2)ccc1OC(=O)c1cccs1. The van der Waals surface area contributed by atoms with Crippen LogP contribution in [0.5, 0.6) is 11.5 Å². The number of thiophene rings is 1. The molecule has 0 saturated carbocycles. The summed E-state index contributed by atoms with van der Waals surface area (Å²) in [6.45, 7) is 3.87. The fraction of sp³-hybridized carbons (Fsp3) is 0.130. The Kier molecular flexibility index (Phi) is 7.35. The monoisotopic (exact) mass is 451 g/mol. The number of aryl methyl sites for hydroxylation is 2. The number of carbonyl (C=O) groups excluding carboxylic acids is 3. The molecule has 0 atom stereocenters.